The Bertz CT molecular complexity index is 1130. The summed E-state index contributed by atoms with van der Waals surface area (Å²) in [5.74, 6) is -0.575. The summed E-state index contributed by atoms with van der Waals surface area (Å²) in [5, 5.41) is 18.0. The van der Waals surface area contributed by atoms with E-state index in [4.69, 9.17) is 16.3 Å². The summed E-state index contributed by atoms with van der Waals surface area (Å²) in [6.07, 6.45) is 1.75. The van der Waals surface area contributed by atoms with Crippen molar-refractivity contribution in [2.75, 3.05) is 22.6 Å². The molecule has 8 nitrogen and oxygen atoms in total. The highest BCUT2D eigenvalue weighted by molar-refractivity contribution is 6.32. The van der Waals surface area contributed by atoms with Gasteiger partial charge in [-0.3, -0.25) is 4.79 Å². The van der Waals surface area contributed by atoms with Gasteiger partial charge in [0.15, 0.2) is 11.6 Å². The van der Waals surface area contributed by atoms with Gasteiger partial charge in [-0.25, -0.2) is 9.37 Å². The highest BCUT2D eigenvalue weighted by atomic mass is 35.5. The van der Waals surface area contributed by atoms with Crippen molar-refractivity contribution < 1.29 is 19.0 Å². The topological polar surface area (TPSA) is 108 Å². The molecule has 0 aliphatic rings. The number of amides is 1. The Hall–Kier alpha value is -3.69. The number of aromatic nitrogens is 2. The van der Waals surface area contributed by atoms with Gasteiger partial charge in [0.25, 0.3) is 0 Å². The predicted octanol–water partition coefficient (Wildman–Crippen LogP) is 4.64. The van der Waals surface area contributed by atoms with Crippen molar-refractivity contribution in [1.82, 2.24) is 9.97 Å². The summed E-state index contributed by atoms with van der Waals surface area (Å²) in [6.45, 7) is 4.94. The number of ether oxygens (including phenoxy) is 1. The van der Waals surface area contributed by atoms with Gasteiger partial charge in [-0.2, -0.15) is 4.98 Å². The van der Waals surface area contributed by atoms with Crippen molar-refractivity contribution >= 4 is 46.3 Å². The van der Waals surface area contributed by atoms with Crippen LogP contribution in [-0.4, -0.2) is 33.7 Å². The summed E-state index contributed by atoms with van der Waals surface area (Å²) in [4.78, 5) is 19.6. The van der Waals surface area contributed by atoms with E-state index >= 15 is 0 Å². The van der Waals surface area contributed by atoms with E-state index in [2.05, 4.69) is 32.5 Å². The van der Waals surface area contributed by atoms with E-state index in [-0.39, 0.29) is 24.3 Å². The summed E-state index contributed by atoms with van der Waals surface area (Å²) < 4.78 is 19.9. The highest BCUT2D eigenvalue weighted by Gasteiger charge is 2.11. The van der Waals surface area contributed by atoms with E-state index in [1.54, 1.807) is 49.4 Å². The fourth-order valence-corrected chi connectivity index (χ4v) is 2.74. The number of halogens is 2. The summed E-state index contributed by atoms with van der Waals surface area (Å²) in [5.41, 5.74) is 1.58. The minimum absolute atomic E-state index is 0.0611. The van der Waals surface area contributed by atoms with Crippen LogP contribution >= 0.6 is 11.6 Å². The van der Waals surface area contributed by atoms with Gasteiger partial charge in [-0.15, -0.1) is 0 Å². The first kappa shape index (κ1) is 23.0. The molecule has 1 amide bonds. The molecule has 0 unspecified atom stereocenters. The average Bonchev–Trinajstić information content (AvgIpc) is 2.78. The fraction of sp³-hybridized carbons (Fsp3) is 0.136. The van der Waals surface area contributed by atoms with Crippen LogP contribution in [0.4, 0.5) is 33.2 Å². The largest absolute Gasteiger partial charge is 0.487 e. The lowest BCUT2D eigenvalue weighted by molar-refractivity contribution is -0.111. The van der Waals surface area contributed by atoms with Crippen LogP contribution in [0.5, 0.6) is 5.75 Å². The van der Waals surface area contributed by atoms with Gasteiger partial charge < -0.3 is 25.8 Å². The molecule has 1 aromatic heterocycles. The number of aliphatic hydroxyl groups excluding tert-OH is 1. The van der Waals surface area contributed by atoms with Crippen molar-refractivity contribution in [3.8, 4) is 5.75 Å². The predicted molar refractivity (Wildman–Crippen MR) is 122 cm³/mol. The Morgan fingerprint density at radius 1 is 1.25 bits per heavy atom. The van der Waals surface area contributed by atoms with Crippen LogP contribution in [0.25, 0.3) is 0 Å². The third-order valence-corrected chi connectivity index (χ3v) is 4.41. The first-order chi connectivity index (χ1) is 15.4. The monoisotopic (exact) mass is 457 g/mol. The van der Waals surface area contributed by atoms with Crippen LogP contribution in [0.15, 0.2) is 61.3 Å². The first-order valence-electron chi connectivity index (χ1n) is 9.55. The van der Waals surface area contributed by atoms with Crippen LogP contribution < -0.4 is 20.7 Å². The zero-order valence-electron chi connectivity index (χ0n) is 17.1. The van der Waals surface area contributed by atoms with Gasteiger partial charge in [0, 0.05) is 23.1 Å². The lowest BCUT2D eigenvalue weighted by Gasteiger charge is -2.15. The fourth-order valence-electron chi connectivity index (χ4n) is 2.57. The number of anilines is 5. The number of aliphatic hydroxyl groups is 1. The molecule has 0 saturated heterocycles. The van der Waals surface area contributed by atoms with E-state index in [1.807, 2.05) is 0 Å². The van der Waals surface area contributed by atoms with Gasteiger partial charge in [0.05, 0.1) is 17.8 Å². The van der Waals surface area contributed by atoms with Crippen molar-refractivity contribution in [2.45, 2.75) is 13.0 Å². The number of hydrogen-bond acceptors (Lipinski definition) is 7. The molecule has 0 bridgehead atoms. The van der Waals surface area contributed by atoms with E-state index in [9.17, 15) is 14.3 Å². The minimum atomic E-state index is -0.659. The second-order valence-electron chi connectivity index (χ2n) is 6.67. The molecule has 10 heteroatoms. The molecule has 0 aliphatic carbocycles. The van der Waals surface area contributed by atoms with Crippen LogP contribution in [0, 0.1) is 5.82 Å². The Morgan fingerprint density at radius 3 is 2.75 bits per heavy atom. The zero-order chi connectivity index (χ0) is 23.1. The molecule has 1 heterocycles. The maximum atomic E-state index is 14.3. The summed E-state index contributed by atoms with van der Waals surface area (Å²) in [7, 11) is 0. The van der Waals surface area contributed by atoms with E-state index in [0.717, 1.165) is 12.3 Å². The maximum absolute atomic E-state index is 14.3. The van der Waals surface area contributed by atoms with E-state index < -0.39 is 11.9 Å². The number of carbonyl (C=O) groups is 1. The lowest BCUT2D eigenvalue weighted by Crippen LogP contribution is -2.16. The number of benzene rings is 2. The summed E-state index contributed by atoms with van der Waals surface area (Å²) in [6, 6.07) is 11.6. The molecule has 3 aromatic rings. The molecule has 0 saturated carbocycles. The molecule has 0 radical (unpaired) electrons. The number of nitrogens with one attached hydrogen (secondary N) is 3. The van der Waals surface area contributed by atoms with Crippen molar-refractivity contribution in [3.05, 3.63) is 72.2 Å². The standard InChI is InChI=1S/C22H21ClFN5O3/c1-3-20(31)26-14-5-4-6-15(9-14)27-21-18(24)11-25-22(29-21)28-16-7-8-17(23)19(10-16)32-13(2)12-30/h3-11,13,30H,1,12H2,2H3,(H,26,31)(H2,25,27,28,29)/t13-/m1/s1. The number of carbonyl (C=O) groups excluding carboxylic acids is 1. The normalized spacial score (nSPS) is 11.4. The molecule has 4 N–H and O–H groups in total. The minimum Gasteiger partial charge on any atom is -0.487 e. The molecular weight excluding hydrogens is 437 g/mol. The van der Waals surface area contributed by atoms with E-state index in [1.165, 1.54) is 0 Å². The van der Waals surface area contributed by atoms with Gasteiger partial charge in [0.2, 0.25) is 11.9 Å². The number of nitrogens with zero attached hydrogens (tertiary/aromatic N) is 2. The molecule has 3 rings (SSSR count). The Morgan fingerprint density at radius 2 is 2.00 bits per heavy atom. The van der Waals surface area contributed by atoms with Gasteiger partial charge >= 0.3 is 0 Å². The van der Waals surface area contributed by atoms with Crippen LogP contribution in [0.2, 0.25) is 5.02 Å². The quantitative estimate of drug-likeness (QED) is 0.346. The lowest BCUT2D eigenvalue weighted by atomic mass is 10.2. The van der Waals surface area contributed by atoms with Gasteiger partial charge in [0.1, 0.15) is 11.9 Å². The van der Waals surface area contributed by atoms with Crippen LogP contribution in [-0.2, 0) is 4.79 Å². The molecule has 32 heavy (non-hydrogen) atoms. The number of rotatable bonds is 9. The molecule has 0 spiro atoms. The first-order valence-corrected chi connectivity index (χ1v) is 9.93. The Kier molecular flexibility index (Phi) is 7.58. The maximum Gasteiger partial charge on any atom is 0.247 e. The highest BCUT2D eigenvalue weighted by Crippen LogP contribution is 2.30. The van der Waals surface area contributed by atoms with Crippen LogP contribution in [0.1, 0.15) is 6.92 Å². The van der Waals surface area contributed by atoms with Gasteiger partial charge in [-0.05, 0) is 43.3 Å². The van der Waals surface area contributed by atoms with Crippen molar-refractivity contribution in [1.29, 1.82) is 0 Å². The third-order valence-electron chi connectivity index (χ3n) is 4.09. The molecule has 1 atom stereocenters. The Balaban J connectivity index is 1.78. The number of hydrogen-bond donors (Lipinski definition) is 4. The summed E-state index contributed by atoms with van der Waals surface area (Å²) >= 11 is 6.13. The Labute approximate surface area is 189 Å². The molecular formula is C22H21ClFN5O3. The molecule has 2 aromatic carbocycles. The second-order valence-corrected chi connectivity index (χ2v) is 7.08. The van der Waals surface area contributed by atoms with Crippen molar-refractivity contribution in [3.63, 3.8) is 0 Å². The smallest absolute Gasteiger partial charge is 0.247 e. The second kappa shape index (κ2) is 10.6. The molecule has 166 valence electrons. The molecule has 0 aliphatic heterocycles. The molecule has 0 fully saturated rings. The van der Waals surface area contributed by atoms with E-state index in [0.29, 0.717) is 27.8 Å². The van der Waals surface area contributed by atoms with Crippen molar-refractivity contribution in [2.24, 2.45) is 0 Å². The SMILES string of the molecule is C=CC(=O)Nc1cccc(Nc2nc(Nc3ccc(Cl)c(O[C@H](C)CO)c3)ncc2F)c1. The average molecular weight is 458 g/mol. The van der Waals surface area contributed by atoms with Crippen LogP contribution in [0.3, 0.4) is 0 Å². The third kappa shape index (κ3) is 6.16. The zero-order valence-corrected chi connectivity index (χ0v) is 17.9. The van der Waals surface area contributed by atoms with Gasteiger partial charge in [-0.1, -0.05) is 24.2 Å².